The summed E-state index contributed by atoms with van der Waals surface area (Å²) in [5, 5.41) is 11.4. The molecular weight excluding hydrogens is 350 g/mol. The molecular formula is C24H23NO3. The van der Waals surface area contributed by atoms with E-state index in [-0.39, 0.29) is 5.56 Å². The zero-order valence-corrected chi connectivity index (χ0v) is 16.0. The van der Waals surface area contributed by atoms with E-state index in [0.29, 0.717) is 23.0 Å². The molecule has 1 aromatic heterocycles. The van der Waals surface area contributed by atoms with Gasteiger partial charge in [0.25, 0.3) is 0 Å². The van der Waals surface area contributed by atoms with E-state index >= 15 is 0 Å². The van der Waals surface area contributed by atoms with Crippen molar-refractivity contribution in [3.63, 3.8) is 0 Å². The third-order valence-corrected chi connectivity index (χ3v) is 5.16. The molecule has 0 bridgehead atoms. The summed E-state index contributed by atoms with van der Waals surface area (Å²) < 4.78 is 6.19. The average Bonchev–Trinajstić information content (AvgIpc) is 3.01. The van der Waals surface area contributed by atoms with Gasteiger partial charge in [-0.2, -0.15) is 0 Å². The van der Waals surface area contributed by atoms with Crippen molar-refractivity contribution in [3.05, 3.63) is 82.0 Å². The molecule has 0 saturated heterocycles. The van der Waals surface area contributed by atoms with E-state index in [0.717, 1.165) is 29.1 Å². The number of allylic oxidation sites excluding steroid dienone is 5. The quantitative estimate of drug-likeness (QED) is 0.854. The van der Waals surface area contributed by atoms with Crippen LogP contribution in [0.3, 0.4) is 0 Å². The highest BCUT2D eigenvalue weighted by atomic mass is 16.5. The first-order chi connectivity index (χ1) is 13.5. The molecule has 1 aromatic carbocycles. The second-order valence-electron chi connectivity index (χ2n) is 7.29. The van der Waals surface area contributed by atoms with Gasteiger partial charge in [-0.15, -0.1) is 0 Å². The first-order valence-electron chi connectivity index (χ1n) is 9.52. The maximum Gasteiger partial charge on any atom is 0.336 e. The average molecular weight is 373 g/mol. The number of carbonyl (C=O) groups is 1. The van der Waals surface area contributed by atoms with Crippen LogP contribution in [-0.4, -0.2) is 16.1 Å². The van der Waals surface area contributed by atoms with E-state index in [1.165, 1.54) is 5.57 Å². The summed E-state index contributed by atoms with van der Waals surface area (Å²) in [6, 6.07) is 7.22. The van der Waals surface area contributed by atoms with Crippen molar-refractivity contribution in [2.45, 2.75) is 26.7 Å². The van der Waals surface area contributed by atoms with E-state index in [1.807, 2.05) is 12.2 Å². The van der Waals surface area contributed by atoms with Crippen molar-refractivity contribution < 1.29 is 14.6 Å². The molecule has 4 heteroatoms. The first kappa shape index (κ1) is 18.1. The second kappa shape index (κ2) is 7.39. The van der Waals surface area contributed by atoms with Gasteiger partial charge in [0.05, 0.1) is 5.56 Å². The summed E-state index contributed by atoms with van der Waals surface area (Å²) in [6.07, 6.45) is 14.7. The Bertz CT molecular complexity index is 1140. The largest absolute Gasteiger partial charge is 0.478 e. The molecule has 2 aliphatic rings. The highest BCUT2D eigenvalue weighted by Gasteiger charge is 2.14. The molecule has 2 aromatic rings. The van der Waals surface area contributed by atoms with Gasteiger partial charge in [-0.25, -0.2) is 4.79 Å². The number of H-pyrrole nitrogens is 1. The summed E-state index contributed by atoms with van der Waals surface area (Å²) in [6.45, 7) is 3.99. The number of aromatic carboxylic acids is 1. The maximum atomic E-state index is 11.4. The molecule has 4 nitrogen and oxygen atoms in total. The summed E-state index contributed by atoms with van der Waals surface area (Å²) in [7, 11) is 0. The summed E-state index contributed by atoms with van der Waals surface area (Å²) in [5.74, 6) is 0.839. The van der Waals surface area contributed by atoms with Crippen molar-refractivity contribution >= 4 is 23.4 Å². The van der Waals surface area contributed by atoms with Crippen LogP contribution in [0.2, 0.25) is 0 Å². The molecule has 2 aliphatic carbocycles. The van der Waals surface area contributed by atoms with E-state index in [4.69, 9.17) is 4.74 Å². The van der Waals surface area contributed by atoms with Gasteiger partial charge in [-0.3, -0.25) is 0 Å². The minimum absolute atomic E-state index is 0.253. The number of fused-ring (bicyclic) bond motifs is 1. The van der Waals surface area contributed by atoms with Gasteiger partial charge in [-0.05, 0) is 55.5 Å². The van der Waals surface area contributed by atoms with Crippen LogP contribution in [0.4, 0.5) is 0 Å². The molecule has 0 amide bonds. The van der Waals surface area contributed by atoms with E-state index in [2.05, 4.69) is 42.3 Å². The van der Waals surface area contributed by atoms with Crippen molar-refractivity contribution in [2.75, 3.05) is 0 Å². The number of carboxylic acids is 1. The maximum absolute atomic E-state index is 11.4. The Morgan fingerprint density at radius 3 is 2.89 bits per heavy atom. The molecule has 0 aliphatic heterocycles. The number of aromatic nitrogens is 1. The summed E-state index contributed by atoms with van der Waals surface area (Å²) in [4.78, 5) is 14.9. The molecule has 142 valence electrons. The van der Waals surface area contributed by atoms with Crippen LogP contribution in [0.15, 0.2) is 54.6 Å². The van der Waals surface area contributed by atoms with Crippen LogP contribution in [0, 0.1) is 12.8 Å². The Hall–Kier alpha value is -3.27. The van der Waals surface area contributed by atoms with Gasteiger partial charge >= 0.3 is 5.97 Å². The lowest BCUT2D eigenvalue weighted by atomic mass is 9.96. The predicted molar refractivity (Wildman–Crippen MR) is 111 cm³/mol. The molecule has 0 fully saturated rings. The lowest BCUT2D eigenvalue weighted by molar-refractivity contribution is 0.0695. The SMILES string of the molecule is Cc1c(OC2=c3cc(C4=CC(C)CC=C4)[nH]c3=CCC=C2)cccc1C(=O)O. The Morgan fingerprint density at radius 2 is 2.11 bits per heavy atom. The van der Waals surface area contributed by atoms with Gasteiger partial charge in [0, 0.05) is 21.8 Å². The third-order valence-electron chi connectivity index (χ3n) is 5.16. The highest BCUT2D eigenvalue weighted by Crippen LogP contribution is 2.25. The monoisotopic (exact) mass is 373 g/mol. The number of hydrogen-bond acceptors (Lipinski definition) is 2. The molecule has 0 radical (unpaired) electrons. The zero-order chi connectivity index (χ0) is 19.7. The fraction of sp³-hybridized carbons (Fsp3) is 0.208. The van der Waals surface area contributed by atoms with Crippen molar-refractivity contribution in [1.29, 1.82) is 0 Å². The lowest BCUT2D eigenvalue weighted by Crippen LogP contribution is -2.25. The van der Waals surface area contributed by atoms with Crippen LogP contribution in [-0.2, 0) is 0 Å². The van der Waals surface area contributed by atoms with Crippen LogP contribution >= 0.6 is 0 Å². The number of nitrogens with one attached hydrogen (secondary N) is 1. The van der Waals surface area contributed by atoms with E-state index in [1.54, 1.807) is 25.1 Å². The first-order valence-corrected chi connectivity index (χ1v) is 9.52. The predicted octanol–water partition coefficient (Wildman–Crippen LogP) is 3.93. The van der Waals surface area contributed by atoms with Crippen LogP contribution in [0.5, 0.6) is 5.75 Å². The standard InChI is InChI=1S/C24H23NO3/c1-15-7-5-8-17(13-15)21-14-19-20(25-21)10-3-4-11-23(19)28-22-12-6-9-18(16(22)2)24(26)27/h4-6,8-15,25H,3,7H2,1-2H3,(H,26,27). The van der Waals surface area contributed by atoms with Gasteiger partial charge in [0.2, 0.25) is 0 Å². The fourth-order valence-corrected chi connectivity index (χ4v) is 3.63. The third kappa shape index (κ3) is 3.46. The topological polar surface area (TPSA) is 62.3 Å². The molecule has 28 heavy (non-hydrogen) atoms. The second-order valence-corrected chi connectivity index (χ2v) is 7.29. The highest BCUT2D eigenvalue weighted by molar-refractivity contribution is 5.90. The van der Waals surface area contributed by atoms with Crippen molar-refractivity contribution in [1.82, 2.24) is 4.98 Å². The number of benzene rings is 1. The minimum atomic E-state index is -0.951. The number of rotatable bonds is 4. The van der Waals surface area contributed by atoms with Gasteiger partial charge in [0.15, 0.2) is 0 Å². The summed E-state index contributed by atoms with van der Waals surface area (Å²) in [5.41, 5.74) is 3.13. The minimum Gasteiger partial charge on any atom is -0.478 e. The number of ether oxygens (including phenoxy) is 1. The molecule has 1 heterocycles. The number of hydrogen-bond donors (Lipinski definition) is 2. The zero-order valence-electron chi connectivity index (χ0n) is 16.0. The summed E-state index contributed by atoms with van der Waals surface area (Å²) >= 11 is 0. The van der Waals surface area contributed by atoms with Crippen molar-refractivity contribution in [2.24, 2.45) is 5.92 Å². The van der Waals surface area contributed by atoms with Crippen LogP contribution in [0.1, 0.15) is 41.4 Å². The number of carboxylic acid groups (broad SMARTS) is 1. The Morgan fingerprint density at radius 1 is 1.25 bits per heavy atom. The molecule has 4 rings (SSSR count). The van der Waals surface area contributed by atoms with E-state index in [9.17, 15) is 9.90 Å². The molecule has 2 N–H and O–H groups in total. The molecule has 1 atom stereocenters. The number of aromatic amines is 1. The Labute approximate surface area is 163 Å². The van der Waals surface area contributed by atoms with Gasteiger partial charge in [0.1, 0.15) is 11.5 Å². The lowest BCUT2D eigenvalue weighted by Gasteiger charge is -2.11. The molecule has 1 unspecified atom stereocenters. The van der Waals surface area contributed by atoms with Crippen LogP contribution in [0.25, 0.3) is 17.4 Å². The van der Waals surface area contributed by atoms with Gasteiger partial charge < -0.3 is 14.8 Å². The van der Waals surface area contributed by atoms with Crippen molar-refractivity contribution in [3.8, 4) is 5.75 Å². The fourth-order valence-electron chi connectivity index (χ4n) is 3.63. The van der Waals surface area contributed by atoms with Crippen LogP contribution < -0.4 is 15.3 Å². The smallest absolute Gasteiger partial charge is 0.336 e. The van der Waals surface area contributed by atoms with Gasteiger partial charge in [-0.1, -0.05) is 43.4 Å². The molecule has 0 spiro atoms. The Kier molecular flexibility index (Phi) is 4.78. The normalized spacial score (nSPS) is 18.1. The molecule has 0 saturated carbocycles. The Balaban J connectivity index is 1.81. The van der Waals surface area contributed by atoms with E-state index < -0.39 is 5.97 Å².